The summed E-state index contributed by atoms with van der Waals surface area (Å²) in [5, 5.41) is 0. The zero-order valence-corrected chi connectivity index (χ0v) is 19.0. The average molecular weight is 416 g/mol. The Morgan fingerprint density at radius 3 is 2.34 bits per heavy atom. The molecule has 160 valence electrons. The zero-order chi connectivity index (χ0) is 20.3. The van der Waals surface area contributed by atoms with Crippen LogP contribution in [0.15, 0.2) is 30.5 Å². The van der Waals surface area contributed by atoms with E-state index in [4.69, 9.17) is 9.47 Å². The summed E-state index contributed by atoms with van der Waals surface area (Å²) >= 11 is 1.76. The van der Waals surface area contributed by atoms with Crippen molar-refractivity contribution in [2.24, 2.45) is 5.92 Å². The van der Waals surface area contributed by atoms with Crippen molar-refractivity contribution in [2.45, 2.75) is 84.3 Å². The number of nitrogens with zero attached hydrogens (tertiary/aromatic N) is 1. The fourth-order valence-electron chi connectivity index (χ4n) is 3.82. The first kappa shape index (κ1) is 22.5. The maximum atomic E-state index is 6.04. The Balaban J connectivity index is 1.46. The van der Waals surface area contributed by atoms with Crippen LogP contribution in [-0.2, 0) is 15.9 Å². The second-order valence-electron chi connectivity index (χ2n) is 8.26. The number of unbranched alkanes of at least 4 members (excludes halogenated alkanes) is 6. The van der Waals surface area contributed by atoms with Crippen molar-refractivity contribution >= 4 is 11.3 Å². The SMILES string of the molecule is CCCCCCc1ccc(-c2ccc([C@H]3OC[C@H](CCCCCC)CO3)s2)cn1. The lowest BCUT2D eigenvalue weighted by molar-refractivity contribution is -0.204. The van der Waals surface area contributed by atoms with Crippen LogP contribution < -0.4 is 0 Å². The quantitative estimate of drug-likeness (QED) is 0.335. The molecule has 1 aliphatic heterocycles. The highest BCUT2D eigenvalue weighted by molar-refractivity contribution is 7.15. The predicted molar refractivity (Wildman–Crippen MR) is 122 cm³/mol. The molecular weight excluding hydrogens is 378 g/mol. The summed E-state index contributed by atoms with van der Waals surface area (Å²) in [6, 6.07) is 8.69. The topological polar surface area (TPSA) is 31.4 Å². The molecule has 29 heavy (non-hydrogen) atoms. The lowest BCUT2D eigenvalue weighted by Gasteiger charge is -2.28. The van der Waals surface area contributed by atoms with Crippen LogP contribution in [0.4, 0.5) is 0 Å². The van der Waals surface area contributed by atoms with E-state index >= 15 is 0 Å². The molecule has 4 heteroatoms. The molecule has 0 spiro atoms. The maximum absolute atomic E-state index is 6.04. The Hall–Kier alpha value is -1.23. The van der Waals surface area contributed by atoms with E-state index in [0.717, 1.165) is 24.5 Å². The molecule has 0 atom stereocenters. The van der Waals surface area contributed by atoms with Crippen molar-refractivity contribution in [3.8, 4) is 10.4 Å². The molecule has 1 saturated heterocycles. The molecule has 2 aromatic heterocycles. The van der Waals surface area contributed by atoms with E-state index in [1.165, 1.54) is 73.9 Å². The van der Waals surface area contributed by atoms with Crippen molar-refractivity contribution in [3.05, 3.63) is 41.0 Å². The van der Waals surface area contributed by atoms with Gasteiger partial charge in [0.25, 0.3) is 0 Å². The minimum Gasteiger partial charge on any atom is -0.347 e. The number of ether oxygens (including phenoxy) is 2. The van der Waals surface area contributed by atoms with Gasteiger partial charge in [0.05, 0.1) is 18.1 Å². The third kappa shape index (κ3) is 7.20. The fraction of sp³-hybridized carbons (Fsp3) is 0.640. The summed E-state index contributed by atoms with van der Waals surface area (Å²) in [6.07, 6.45) is 14.5. The number of aryl methyl sites for hydroxylation is 1. The van der Waals surface area contributed by atoms with Crippen LogP contribution in [0.25, 0.3) is 10.4 Å². The standard InChI is InChI=1S/C25H37NO2S/c1-3-5-7-9-11-20-18-27-25(28-19-20)24-16-15-23(29-24)21-13-14-22(26-17-21)12-10-8-6-4-2/h13-17,20,25H,3-12,18-19H2,1-2H3/t20-,25-. The second-order valence-corrected chi connectivity index (χ2v) is 9.38. The number of hydrogen-bond acceptors (Lipinski definition) is 4. The Bertz CT molecular complexity index is 689. The molecule has 0 amide bonds. The van der Waals surface area contributed by atoms with E-state index in [0.29, 0.717) is 5.92 Å². The monoisotopic (exact) mass is 415 g/mol. The molecule has 2 aromatic rings. The Morgan fingerprint density at radius 2 is 1.66 bits per heavy atom. The summed E-state index contributed by atoms with van der Waals surface area (Å²) in [5.74, 6) is 0.552. The van der Waals surface area contributed by atoms with Crippen molar-refractivity contribution < 1.29 is 9.47 Å². The van der Waals surface area contributed by atoms with Gasteiger partial charge in [0.2, 0.25) is 0 Å². The summed E-state index contributed by atoms with van der Waals surface area (Å²) in [6.45, 7) is 6.14. The molecule has 3 rings (SSSR count). The van der Waals surface area contributed by atoms with Crippen LogP contribution in [0.5, 0.6) is 0 Å². The zero-order valence-electron chi connectivity index (χ0n) is 18.2. The molecule has 0 aliphatic carbocycles. The van der Waals surface area contributed by atoms with Gasteiger partial charge in [-0.3, -0.25) is 4.98 Å². The first-order chi connectivity index (χ1) is 14.3. The molecule has 0 saturated carbocycles. The highest BCUT2D eigenvalue weighted by Crippen LogP contribution is 2.35. The van der Waals surface area contributed by atoms with Gasteiger partial charge in [0, 0.05) is 28.2 Å². The highest BCUT2D eigenvalue weighted by Gasteiger charge is 2.24. The van der Waals surface area contributed by atoms with Gasteiger partial charge in [-0.05, 0) is 37.5 Å². The fourth-order valence-corrected chi connectivity index (χ4v) is 4.82. The van der Waals surface area contributed by atoms with Crippen LogP contribution in [-0.4, -0.2) is 18.2 Å². The lowest BCUT2D eigenvalue weighted by atomic mass is 10.0. The normalized spacial score (nSPS) is 19.5. The molecular formula is C25H37NO2S. The van der Waals surface area contributed by atoms with Gasteiger partial charge in [-0.1, -0.05) is 64.9 Å². The first-order valence-electron chi connectivity index (χ1n) is 11.6. The first-order valence-corrected chi connectivity index (χ1v) is 12.4. The van der Waals surface area contributed by atoms with E-state index in [-0.39, 0.29) is 6.29 Å². The third-order valence-corrected chi connectivity index (χ3v) is 6.84. The largest absolute Gasteiger partial charge is 0.347 e. The van der Waals surface area contributed by atoms with Gasteiger partial charge in [-0.25, -0.2) is 0 Å². The lowest BCUT2D eigenvalue weighted by Crippen LogP contribution is -2.26. The predicted octanol–water partition coefficient (Wildman–Crippen LogP) is 7.56. The van der Waals surface area contributed by atoms with Gasteiger partial charge >= 0.3 is 0 Å². The molecule has 3 heterocycles. The molecule has 0 aromatic carbocycles. The third-order valence-electron chi connectivity index (χ3n) is 5.69. The van der Waals surface area contributed by atoms with Crippen molar-refractivity contribution in [3.63, 3.8) is 0 Å². The highest BCUT2D eigenvalue weighted by atomic mass is 32.1. The molecule has 0 bridgehead atoms. The van der Waals surface area contributed by atoms with Crippen LogP contribution in [0.3, 0.4) is 0 Å². The van der Waals surface area contributed by atoms with Gasteiger partial charge in [-0.15, -0.1) is 11.3 Å². The number of thiophene rings is 1. The molecule has 0 radical (unpaired) electrons. The van der Waals surface area contributed by atoms with Gasteiger partial charge < -0.3 is 9.47 Å². The van der Waals surface area contributed by atoms with E-state index in [2.05, 4.69) is 43.1 Å². The summed E-state index contributed by atoms with van der Waals surface area (Å²) in [7, 11) is 0. The van der Waals surface area contributed by atoms with Gasteiger partial charge in [0.1, 0.15) is 0 Å². The van der Waals surface area contributed by atoms with Gasteiger partial charge in [0.15, 0.2) is 6.29 Å². The van der Waals surface area contributed by atoms with E-state index in [1.54, 1.807) is 11.3 Å². The van der Waals surface area contributed by atoms with Gasteiger partial charge in [-0.2, -0.15) is 0 Å². The Kier molecular flexibility index (Phi) is 9.65. The van der Waals surface area contributed by atoms with Crippen LogP contribution in [0, 0.1) is 5.92 Å². The smallest absolute Gasteiger partial charge is 0.193 e. The van der Waals surface area contributed by atoms with Crippen molar-refractivity contribution in [1.82, 2.24) is 4.98 Å². The number of rotatable bonds is 12. The number of aromatic nitrogens is 1. The molecule has 1 fully saturated rings. The van der Waals surface area contributed by atoms with Crippen LogP contribution in [0.1, 0.15) is 88.5 Å². The van der Waals surface area contributed by atoms with E-state index < -0.39 is 0 Å². The number of pyridine rings is 1. The van der Waals surface area contributed by atoms with Crippen molar-refractivity contribution in [1.29, 1.82) is 0 Å². The average Bonchev–Trinajstić information content (AvgIpc) is 3.25. The minimum absolute atomic E-state index is 0.202. The van der Waals surface area contributed by atoms with Crippen LogP contribution >= 0.6 is 11.3 Å². The van der Waals surface area contributed by atoms with E-state index in [9.17, 15) is 0 Å². The Labute approximate surface area is 180 Å². The molecule has 0 unspecified atom stereocenters. The summed E-state index contributed by atoms with van der Waals surface area (Å²) in [5.41, 5.74) is 2.38. The second kappa shape index (κ2) is 12.5. The molecule has 0 N–H and O–H groups in total. The van der Waals surface area contributed by atoms with E-state index in [1.807, 2.05) is 6.20 Å². The van der Waals surface area contributed by atoms with Crippen molar-refractivity contribution in [2.75, 3.05) is 13.2 Å². The summed E-state index contributed by atoms with van der Waals surface area (Å²) in [4.78, 5) is 7.07. The Morgan fingerprint density at radius 1 is 0.897 bits per heavy atom. The minimum atomic E-state index is -0.202. The van der Waals surface area contributed by atoms with Crippen LogP contribution in [0.2, 0.25) is 0 Å². The maximum Gasteiger partial charge on any atom is 0.193 e. The molecule has 1 aliphatic rings. The summed E-state index contributed by atoms with van der Waals surface area (Å²) < 4.78 is 12.1. The number of hydrogen-bond donors (Lipinski definition) is 0. The molecule has 3 nitrogen and oxygen atoms in total.